The highest BCUT2D eigenvalue weighted by Gasteiger charge is 2.27. The average molecular weight is 569 g/mol. The summed E-state index contributed by atoms with van der Waals surface area (Å²) in [4.78, 5) is 19.4. The van der Waals surface area contributed by atoms with Crippen LogP contribution in [0, 0.1) is 18.8 Å². The molecular weight excluding hydrogens is 537 g/mol. The fourth-order valence-electron chi connectivity index (χ4n) is 3.90. The first-order chi connectivity index (χ1) is 18.0. The van der Waals surface area contributed by atoms with Gasteiger partial charge in [0.05, 0.1) is 21.3 Å². The maximum absolute atomic E-state index is 13.7. The van der Waals surface area contributed by atoms with Gasteiger partial charge < -0.3 is 0 Å². The van der Waals surface area contributed by atoms with Crippen molar-refractivity contribution in [3.63, 3.8) is 0 Å². The lowest BCUT2D eigenvalue weighted by Crippen LogP contribution is -2.37. The second-order valence-corrected chi connectivity index (χ2v) is 13.9. The third-order valence-electron chi connectivity index (χ3n) is 5.63. The minimum atomic E-state index is -3.70. The van der Waals surface area contributed by atoms with Gasteiger partial charge in [-0.25, -0.2) is 13.4 Å². The molecule has 0 atom stereocenters. The van der Waals surface area contributed by atoms with Gasteiger partial charge in [0.2, 0.25) is 15.2 Å². The summed E-state index contributed by atoms with van der Waals surface area (Å²) >= 11 is 2.90. The number of sulfonamides is 1. The molecule has 4 aromatic rings. The lowest BCUT2D eigenvalue weighted by molar-refractivity contribution is 0.0987. The highest BCUT2D eigenvalue weighted by molar-refractivity contribution is 7.89. The summed E-state index contributed by atoms with van der Waals surface area (Å²) in [6, 6.07) is 15.9. The van der Waals surface area contributed by atoms with Crippen LogP contribution in [0.3, 0.4) is 0 Å². The average Bonchev–Trinajstić information content (AvgIpc) is 3.53. The molecule has 7 nitrogen and oxygen atoms in total. The number of hydrogen-bond acceptors (Lipinski definition) is 7. The van der Waals surface area contributed by atoms with Crippen LogP contribution < -0.4 is 5.01 Å². The zero-order valence-electron chi connectivity index (χ0n) is 22.2. The van der Waals surface area contributed by atoms with Crippen molar-refractivity contribution in [1.29, 1.82) is 0 Å². The zero-order chi connectivity index (χ0) is 27.4. The Balaban J connectivity index is 1.67. The Morgan fingerprint density at radius 1 is 1.03 bits per heavy atom. The van der Waals surface area contributed by atoms with Gasteiger partial charge in [-0.1, -0.05) is 51.2 Å². The Hall–Kier alpha value is -2.92. The number of carbonyl (C=O) groups excluding carboxylic acids is 1. The number of thiophene rings is 1. The Kier molecular flexibility index (Phi) is 8.77. The van der Waals surface area contributed by atoms with E-state index in [4.69, 9.17) is 0 Å². The number of rotatable bonds is 10. The maximum Gasteiger partial charge on any atom is 0.280 e. The van der Waals surface area contributed by atoms with E-state index in [0.717, 1.165) is 20.7 Å². The van der Waals surface area contributed by atoms with Crippen LogP contribution in [0.25, 0.3) is 10.2 Å². The third-order valence-corrected chi connectivity index (χ3v) is 9.27. The number of hydrogen-bond donors (Lipinski definition) is 0. The van der Waals surface area contributed by atoms with Gasteiger partial charge in [0.15, 0.2) is 0 Å². The van der Waals surface area contributed by atoms with Gasteiger partial charge in [-0.05, 0) is 72.2 Å². The number of fused-ring (bicyclic) bond motifs is 1. The molecule has 1 amide bonds. The molecule has 0 fully saturated rings. The molecule has 0 bridgehead atoms. The number of aryl methyl sites for hydroxylation is 1. The van der Waals surface area contributed by atoms with Crippen LogP contribution in [0.1, 0.15) is 48.5 Å². The summed E-state index contributed by atoms with van der Waals surface area (Å²) in [5, 5.41) is 8.15. The molecular formula is C28H32N4O3S3. The summed E-state index contributed by atoms with van der Waals surface area (Å²) in [6.45, 7) is 10.9. The number of benzene rings is 2. The van der Waals surface area contributed by atoms with Crippen LogP contribution in [0.2, 0.25) is 0 Å². The highest BCUT2D eigenvalue weighted by Crippen LogP contribution is 2.31. The molecule has 0 N–H and O–H groups in total. The van der Waals surface area contributed by atoms with Gasteiger partial charge in [-0.3, -0.25) is 4.79 Å². The molecule has 4 rings (SSSR count). The summed E-state index contributed by atoms with van der Waals surface area (Å²) in [6.07, 6.45) is 1.63. The minimum Gasteiger partial charge on any atom is -0.267 e. The molecule has 2 aromatic heterocycles. The van der Waals surface area contributed by atoms with Crippen molar-refractivity contribution in [2.75, 3.05) is 18.1 Å². The summed E-state index contributed by atoms with van der Waals surface area (Å²) < 4.78 is 29.3. The molecule has 200 valence electrons. The second kappa shape index (κ2) is 11.9. The number of anilines is 1. The molecule has 10 heteroatoms. The van der Waals surface area contributed by atoms with E-state index in [-0.39, 0.29) is 16.7 Å². The van der Waals surface area contributed by atoms with Crippen molar-refractivity contribution < 1.29 is 13.2 Å². The molecule has 2 heterocycles. The fraction of sp³-hybridized carbons (Fsp3) is 0.321. The lowest BCUT2D eigenvalue weighted by Gasteiger charge is -2.25. The molecule has 0 aliphatic carbocycles. The van der Waals surface area contributed by atoms with Crippen molar-refractivity contribution in [3.05, 3.63) is 76.0 Å². The van der Waals surface area contributed by atoms with E-state index in [1.807, 2.05) is 70.3 Å². The van der Waals surface area contributed by atoms with Gasteiger partial charge >= 0.3 is 0 Å². The van der Waals surface area contributed by atoms with E-state index in [9.17, 15) is 13.2 Å². The molecule has 0 saturated heterocycles. The van der Waals surface area contributed by atoms with Gasteiger partial charge in [0, 0.05) is 23.5 Å². The summed E-state index contributed by atoms with van der Waals surface area (Å²) in [5.74, 6) is -0.00720. The number of aromatic nitrogens is 1. The highest BCUT2D eigenvalue weighted by atomic mass is 32.2. The number of amides is 1. The number of hydrazone groups is 1. The van der Waals surface area contributed by atoms with Gasteiger partial charge in [-0.2, -0.15) is 14.4 Å². The molecule has 0 unspecified atom stereocenters. The Labute approximate surface area is 232 Å². The van der Waals surface area contributed by atoms with E-state index in [0.29, 0.717) is 23.8 Å². The Morgan fingerprint density at radius 3 is 2.32 bits per heavy atom. The molecule has 2 aromatic carbocycles. The van der Waals surface area contributed by atoms with Crippen molar-refractivity contribution >= 4 is 60.2 Å². The van der Waals surface area contributed by atoms with Crippen molar-refractivity contribution in [2.24, 2.45) is 16.9 Å². The fourth-order valence-corrected chi connectivity index (χ4v) is 7.27. The van der Waals surface area contributed by atoms with Gasteiger partial charge in [-0.15, -0.1) is 11.3 Å². The molecule has 0 spiro atoms. The van der Waals surface area contributed by atoms with Crippen molar-refractivity contribution in [2.45, 2.75) is 39.5 Å². The SMILES string of the molecule is Cc1ccc2nc(N(/N=C/c3cccs3)C(=O)c3ccc(S(=O)(=O)N(CC(C)C)CC(C)C)cc3)sc2c1. The number of nitrogens with zero attached hydrogens (tertiary/aromatic N) is 4. The van der Waals surface area contributed by atoms with E-state index in [1.54, 1.807) is 18.3 Å². The van der Waals surface area contributed by atoms with E-state index in [2.05, 4.69) is 10.1 Å². The predicted molar refractivity (Wildman–Crippen MR) is 158 cm³/mol. The van der Waals surface area contributed by atoms with Crippen LogP contribution in [0.5, 0.6) is 0 Å². The van der Waals surface area contributed by atoms with Gasteiger partial charge in [0.25, 0.3) is 5.91 Å². The zero-order valence-corrected chi connectivity index (χ0v) is 24.6. The molecule has 0 aliphatic rings. The Morgan fingerprint density at radius 2 is 1.71 bits per heavy atom. The summed E-state index contributed by atoms with van der Waals surface area (Å²) in [7, 11) is -3.70. The first-order valence-electron chi connectivity index (χ1n) is 12.4. The van der Waals surface area contributed by atoms with Crippen LogP contribution in [-0.2, 0) is 10.0 Å². The van der Waals surface area contributed by atoms with Gasteiger partial charge in [0.1, 0.15) is 0 Å². The largest absolute Gasteiger partial charge is 0.280 e. The number of thiazole rings is 1. The predicted octanol–water partition coefficient (Wildman–Crippen LogP) is 6.65. The van der Waals surface area contributed by atoms with E-state index < -0.39 is 15.9 Å². The molecule has 38 heavy (non-hydrogen) atoms. The quantitative estimate of drug-likeness (QED) is 0.158. The summed E-state index contributed by atoms with van der Waals surface area (Å²) in [5.41, 5.74) is 2.21. The first-order valence-corrected chi connectivity index (χ1v) is 15.6. The topological polar surface area (TPSA) is 82.9 Å². The molecule has 0 aliphatic heterocycles. The van der Waals surface area contributed by atoms with Crippen molar-refractivity contribution in [3.8, 4) is 0 Å². The first kappa shape index (κ1) is 28.1. The Bertz CT molecular complexity index is 1510. The van der Waals surface area contributed by atoms with E-state index >= 15 is 0 Å². The second-order valence-electron chi connectivity index (χ2n) is 9.98. The molecule has 0 radical (unpaired) electrons. The minimum absolute atomic E-state index is 0.166. The monoisotopic (exact) mass is 568 g/mol. The normalized spacial score (nSPS) is 12.4. The van der Waals surface area contributed by atoms with Crippen LogP contribution in [-0.4, -0.2) is 42.9 Å². The smallest absolute Gasteiger partial charge is 0.267 e. The maximum atomic E-state index is 13.7. The van der Waals surface area contributed by atoms with Crippen LogP contribution in [0.4, 0.5) is 5.13 Å². The lowest BCUT2D eigenvalue weighted by atomic mass is 10.2. The van der Waals surface area contributed by atoms with Crippen molar-refractivity contribution in [1.82, 2.24) is 9.29 Å². The third kappa shape index (κ3) is 6.55. The standard InChI is InChI=1S/C28H32N4O3S3/c1-19(2)17-31(18-20(3)4)38(34,35)24-11-9-22(10-12-24)27(33)32(29-16-23-7-6-14-36-23)28-30-25-13-8-21(5)15-26(25)37-28/h6-16,19-20H,17-18H2,1-5H3/b29-16+. The van der Waals surface area contributed by atoms with Crippen LogP contribution in [0.15, 0.2) is 70.0 Å². The number of carbonyl (C=O) groups is 1. The van der Waals surface area contributed by atoms with E-state index in [1.165, 1.54) is 44.1 Å². The van der Waals surface area contributed by atoms with Crippen LogP contribution >= 0.6 is 22.7 Å². The molecule has 0 saturated carbocycles.